The van der Waals surface area contributed by atoms with Gasteiger partial charge in [0.25, 0.3) is 11.5 Å². The zero-order chi connectivity index (χ0) is 19.7. The minimum absolute atomic E-state index is 0.202. The maximum Gasteiger partial charge on any atom is 0.332 e. The molecule has 0 unspecified atom stereocenters. The van der Waals surface area contributed by atoms with Crippen LogP contribution in [0.25, 0.3) is 11.0 Å². The highest BCUT2D eigenvalue weighted by atomic mass is 35.5. The van der Waals surface area contributed by atoms with Gasteiger partial charge in [-0.1, -0.05) is 29.3 Å². The van der Waals surface area contributed by atoms with Crippen molar-refractivity contribution >= 4 is 40.1 Å². The minimum Gasteiger partial charge on any atom is -0.352 e. The van der Waals surface area contributed by atoms with E-state index in [0.717, 1.165) is 10.1 Å². The lowest BCUT2D eigenvalue weighted by Gasteiger charge is -2.09. The molecule has 0 saturated heterocycles. The Morgan fingerprint density at radius 2 is 1.89 bits per heavy atom. The summed E-state index contributed by atoms with van der Waals surface area (Å²) in [5, 5.41) is 4.05. The fraction of sp³-hybridized carbons (Fsp3) is 0.222. The molecule has 2 aromatic heterocycles. The third kappa shape index (κ3) is 3.74. The number of aromatic nitrogens is 3. The van der Waals surface area contributed by atoms with Gasteiger partial charge in [0.05, 0.1) is 10.9 Å². The topological polar surface area (TPSA) is 86.0 Å². The average Bonchev–Trinajstić information content (AvgIpc) is 2.65. The number of benzene rings is 1. The average molecular weight is 407 g/mol. The maximum atomic E-state index is 12.4. The number of halogens is 2. The highest BCUT2D eigenvalue weighted by Gasteiger charge is 2.13. The van der Waals surface area contributed by atoms with Crippen LogP contribution in [-0.2, 0) is 20.5 Å². The molecule has 0 saturated carbocycles. The Morgan fingerprint density at radius 3 is 2.59 bits per heavy atom. The molecular formula is C18H16Cl2N4O3. The van der Waals surface area contributed by atoms with Crippen molar-refractivity contribution < 1.29 is 4.79 Å². The first-order valence-corrected chi connectivity index (χ1v) is 8.83. The Morgan fingerprint density at radius 1 is 1.15 bits per heavy atom. The standard InChI is InChI=1S/C18H16Cl2N4O3/c1-23-15-13(17(26)24(2)18(23)27)7-11(9-22-15)16(25)21-6-5-10-3-4-12(19)8-14(10)20/h3-4,7-9H,5-6H2,1-2H3,(H,21,25). The van der Waals surface area contributed by atoms with E-state index >= 15 is 0 Å². The molecule has 0 fully saturated rings. The minimum atomic E-state index is -0.497. The molecule has 3 rings (SSSR count). The van der Waals surface area contributed by atoms with E-state index in [0.29, 0.717) is 23.0 Å². The number of rotatable bonds is 4. The summed E-state index contributed by atoms with van der Waals surface area (Å²) in [6.07, 6.45) is 1.87. The van der Waals surface area contributed by atoms with Crippen molar-refractivity contribution in [2.24, 2.45) is 14.1 Å². The third-order valence-corrected chi connectivity index (χ3v) is 4.84. The van der Waals surface area contributed by atoms with Crippen LogP contribution in [0.3, 0.4) is 0 Å². The van der Waals surface area contributed by atoms with Gasteiger partial charge >= 0.3 is 5.69 Å². The molecule has 1 N–H and O–H groups in total. The van der Waals surface area contributed by atoms with Crippen LogP contribution in [0.15, 0.2) is 40.1 Å². The Hall–Kier alpha value is -2.64. The fourth-order valence-corrected chi connectivity index (χ4v) is 3.23. The van der Waals surface area contributed by atoms with Gasteiger partial charge in [-0.3, -0.25) is 18.7 Å². The Kier molecular flexibility index (Phi) is 5.34. The van der Waals surface area contributed by atoms with E-state index in [2.05, 4.69) is 10.3 Å². The lowest BCUT2D eigenvalue weighted by atomic mass is 10.1. The Balaban J connectivity index is 1.80. The van der Waals surface area contributed by atoms with Gasteiger partial charge in [0.15, 0.2) is 0 Å². The fourth-order valence-electron chi connectivity index (χ4n) is 2.73. The molecule has 140 valence electrons. The summed E-state index contributed by atoms with van der Waals surface area (Å²) in [5.74, 6) is -0.370. The van der Waals surface area contributed by atoms with Gasteiger partial charge in [0.1, 0.15) is 5.65 Å². The first kappa shape index (κ1) is 19.1. The number of amides is 1. The van der Waals surface area contributed by atoms with E-state index in [1.54, 1.807) is 18.2 Å². The van der Waals surface area contributed by atoms with Gasteiger partial charge in [-0.2, -0.15) is 0 Å². The van der Waals surface area contributed by atoms with E-state index < -0.39 is 11.2 Å². The second-order valence-corrected chi connectivity index (χ2v) is 6.89. The molecule has 0 aliphatic heterocycles. The van der Waals surface area contributed by atoms with Crippen molar-refractivity contribution in [1.82, 2.24) is 19.4 Å². The summed E-state index contributed by atoms with van der Waals surface area (Å²) >= 11 is 12.0. The van der Waals surface area contributed by atoms with E-state index in [4.69, 9.17) is 23.2 Å². The number of aryl methyl sites for hydroxylation is 1. The van der Waals surface area contributed by atoms with Crippen molar-refractivity contribution in [3.63, 3.8) is 0 Å². The molecule has 0 aliphatic carbocycles. The van der Waals surface area contributed by atoms with Gasteiger partial charge < -0.3 is 5.32 Å². The van der Waals surface area contributed by atoms with Crippen molar-refractivity contribution in [1.29, 1.82) is 0 Å². The van der Waals surface area contributed by atoms with Crippen molar-refractivity contribution in [2.75, 3.05) is 6.54 Å². The molecule has 3 aromatic rings. The van der Waals surface area contributed by atoms with Crippen LogP contribution >= 0.6 is 23.2 Å². The monoisotopic (exact) mass is 406 g/mol. The van der Waals surface area contributed by atoms with Crippen molar-refractivity contribution in [3.05, 3.63) is 72.5 Å². The first-order chi connectivity index (χ1) is 12.8. The van der Waals surface area contributed by atoms with E-state index in [1.807, 2.05) is 0 Å². The van der Waals surface area contributed by atoms with Crippen LogP contribution in [0.5, 0.6) is 0 Å². The van der Waals surface area contributed by atoms with Crippen molar-refractivity contribution in [3.8, 4) is 0 Å². The molecule has 1 aromatic carbocycles. The highest BCUT2D eigenvalue weighted by molar-refractivity contribution is 6.35. The van der Waals surface area contributed by atoms with Gasteiger partial charge in [-0.25, -0.2) is 9.78 Å². The molecule has 2 heterocycles. The summed E-state index contributed by atoms with van der Waals surface area (Å²) in [4.78, 5) is 40.7. The predicted molar refractivity (Wildman–Crippen MR) is 105 cm³/mol. The molecule has 9 heteroatoms. The molecule has 0 radical (unpaired) electrons. The number of carbonyl (C=O) groups is 1. The summed E-state index contributed by atoms with van der Waals surface area (Å²) in [6.45, 7) is 0.351. The van der Waals surface area contributed by atoms with Gasteiger partial charge in [0.2, 0.25) is 0 Å². The quantitative estimate of drug-likeness (QED) is 0.716. The van der Waals surface area contributed by atoms with Crippen LogP contribution < -0.4 is 16.6 Å². The summed E-state index contributed by atoms with van der Waals surface area (Å²) in [6, 6.07) is 6.62. The first-order valence-electron chi connectivity index (χ1n) is 8.07. The lowest BCUT2D eigenvalue weighted by Crippen LogP contribution is -2.37. The molecule has 0 bridgehead atoms. The largest absolute Gasteiger partial charge is 0.352 e. The molecule has 0 atom stereocenters. The number of hydrogen-bond donors (Lipinski definition) is 1. The summed E-state index contributed by atoms with van der Waals surface area (Å²) in [5.41, 5.74) is 0.357. The van der Waals surface area contributed by atoms with E-state index in [9.17, 15) is 14.4 Å². The number of carbonyl (C=O) groups excluding carboxylic acids is 1. The highest BCUT2D eigenvalue weighted by Crippen LogP contribution is 2.21. The normalized spacial score (nSPS) is 11.0. The second kappa shape index (κ2) is 7.54. The lowest BCUT2D eigenvalue weighted by molar-refractivity contribution is 0.0954. The Labute approximate surface area is 164 Å². The van der Waals surface area contributed by atoms with E-state index in [1.165, 1.54) is 30.9 Å². The number of nitrogens with zero attached hydrogens (tertiary/aromatic N) is 3. The van der Waals surface area contributed by atoms with Gasteiger partial charge in [0, 0.05) is 36.9 Å². The van der Waals surface area contributed by atoms with Crippen LogP contribution in [0.2, 0.25) is 10.0 Å². The SMILES string of the molecule is Cn1c(=O)c2cc(C(=O)NCCc3ccc(Cl)cc3Cl)cnc2n(C)c1=O. The van der Waals surface area contributed by atoms with Crippen LogP contribution in [0.4, 0.5) is 0 Å². The van der Waals surface area contributed by atoms with Crippen molar-refractivity contribution in [2.45, 2.75) is 6.42 Å². The molecule has 0 aliphatic rings. The zero-order valence-electron chi connectivity index (χ0n) is 14.6. The number of nitrogens with one attached hydrogen (secondary N) is 1. The predicted octanol–water partition coefficient (Wildman–Crippen LogP) is 1.91. The smallest absolute Gasteiger partial charge is 0.332 e. The molecular weight excluding hydrogens is 391 g/mol. The third-order valence-electron chi connectivity index (χ3n) is 4.25. The molecule has 0 spiro atoms. The van der Waals surface area contributed by atoms with Crippen LogP contribution in [-0.4, -0.2) is 26.6 Å². The molecule has 27 heavy (non-hydrogen) atoms. The molecule has 7 nitrogen and oxygen atoms in total. The number of pyridine rings is 1. The maximum absolute atomic E-state index is 12.4. The van der Waals surface area contributed by atoms with Crippen LogP contribution in [0, 0.1) is 0 Å². The van der Waals surface area contributed by atoms with Gasteiger partial charge in [-0.15, -0.1) is 0 Å². The number of fused-ring (bicyclic) bond motifs is 1. The number of hydrogen-bond acceptors (Lipinski definition) is 4. The van der Waals surface area contributed by atoms with Gasteiger partial charge in [-0.05, 0) is 30.2 Å². The molecule has 1 amide bonds. The van der Waals surface area contributed by atoms with Crippen LogP contribution in [0.1, 0.15) is 15.9 Å². The summed E-state index contributed by atoms with van der Waals surface area (Å²) < 4.78 is 2.25. The second-order valence-electron chi connectivity index (χ2n) is 6.04. The summed E-state index contributed by atoms with van der Waals surface area (Å²) in [7, 11) is 2.90. The Bertz CT molecular complexity index is 1170. The zero-order valence-corrected chi connectivity index (χ0v) is 16.1. The van der Waals surface area contributed by atoms with E-state index in [-0.39, 0.29) is 22.5 Å².